The van der Waals surface area contributed by atoms with E-state index in [0.29, 0.717) is 43.8 Å². The van der Waals surface area contributed by atoms with Crippen molar-refractivity contribution in [3.8, 4) is 17.0 Å². The second kappa shape index (κ2) is 8.41. The molecule has 1 N–H and O–H groups in total. The molecule has 154 valence electrons. The molecule has 0 aliphatic carbocycles. The normalized spacial score (nSPS) is 12.3. The molecule has 2 aromatic carbocycles. The van der Waals surface area contributed by atoms with Gasteiger partial charge in [-0.05, 0) is 37.3 Å². The molecule has 2 aromatic heterocycles. The minimum absolute atomic E-state index is 0.128. The maximum absolute atomic E-state index is 13.1. The molecule has 0 spiro atoms. The van der Waals surface area contributed by atoms with E-state index >= 15 is 0 Å². The summed E-state index contributed by atoms with van der Waals surface area (Å²) < 4.78 is 47.0. The van der Waals surface area contributed by atoms with Crippen LogP contribution in [0.2, 0.25) is 0 Å². The lowest BCUT2D eigenvalue weighted by Gasteiger charge is -2.13. The number of ether oxygens (including phenoxy) is 1. The van der Waals surface area contributed by atoms with Gasteiger partial charge in [0.25, 0.3) is 6.43 Å². The van der Waals surface area contributed by atoms with Crippen LogP contribution in [-0.2, 0) is 11.0 Å². The molecule has 1 atom stereocenters. The monoisotopic (exact) mass is 446 g/mol. The SMILES string of the molecule is COc1cc(C(F)F)ccc1-c1nc(C)nc2cc(S(=O)Nc3nccs3)ccc12. The molecule has 0 fully saturated rings. The van der Waals surface area contributed by atoms with Gasteiger partial charge in [-0.25, -0.2) is 27.9 Å². The second-order valence-corrected chi connectivity index (χ2v) is 8.37. The highest BCUT2D eigenvalue weighted by atomic mass is 32.2. The molecular formula is C20H16F2N4O2S2. The zero-order valence-electron chi connectivity index (χ0n) is 15.9. The Balaban J connectivity index is 1.79. The highest BCUT2D eigenvalue weighted by Crippen LogP contribution is 2.36. The van der Waals surface area contributed by atoms with Crippen LogP contribution in [0, 0.1) is 6.92 Å². The summed E-state index contributed by atoms with van der Waals surface area (Å²) in [5.41, 5.74) is 1.59. The molecule has 0 aliphatic rings. The molecule has 0 bridgehead atoms. The average molecular weight is 447 g/mol. The summed E-state index contributed by atoms with van der Waals surface area (Å²) in [6.07, 6.45) is -0.972. The fourth-order valence-corrected chi connectivity index (χ4v) is 4.53. The van der Waals surface area contributed by atoms with E-state index in [1.165, 1.54) is 30.6 Å². The molecule has 0 radical (unpaired) electrons. The smallest absolute Gasteiger partial charge is 0.263 e. The number of halogens is 2. The van der Waals surface area contributed by atoms with Gasteiger partial charge in [0, 0.05) is 28.1 Å². The number of rotatable bonds is 6. The second-order valence-electron chi connectivity index (χ2n) is 6.27. The van der Waals surface area contributed by atoms with Crippen LogP contribution in [0.1, 0.15) is 17.8 Å². The summed E-state index contributed by atoms with van der Waals surface area (Å²) in [7, 11) is -0.0850. The maximum atomic E-state index is 13.1. The lowest BCUT2D eigenvalue weighted by atomic mass is 10.0. The molecule has 0 saturated heterocycles. The number of hydrogen-bond acceptors (Lipinski definition) is 6. The van der Waals surface area contributed by atoms with Gasteiger partial charge in [-0.3, -0.25) is 4.72 Å². The number of methoxy groups -OCH3 is 1. The van der Waals surface area contributed by atoms with E-state index in [1.54, 1.807) is 42.8 Å². The molecule has 30 heavy (non-hydrogen) atoms. The van der Waals surface area contributed by atoms with Crippen LogP contribution in [0.5, 0.6) is 5.75 Å². The fourth-order valence-electron chi connectivity index (χ4n) is 3.00. The minimum atomic E-state index is -2.60. The molecular weight excluding hydrogens is 430 g/mol. The van der Waals surface area contributed by atoms with Crippen LogP contribution in [0.4, 0.5) is 13.9 Å². The Bertz CT molecular complexity index is 1230. The van der Waals surface area contributed by atoms with Crippen LogP contribution in [0.15, 0.2) is 52.9 Å². The van der Waals surface area contributed by atoms with Gasteiger partial charge in [-0.1, -0.05) is 6.07 Å². The van der Waals surface area contributed by atoms with Crippen molar-refractivity contribution in [1.29, 1.82) is 0 Å². The first kappa shape index (κ1) is 20.3. The number of hydrogen-bond donors (Lipinski definition) is 1. The Hall–Kier alpha value is -2.98. The molecule has 2 heterocycles. The van der Waals surface area contributed by atoms with E-state index in [2.05, 4.69) is 19.7 Å². The van der Waals surface area contributed by atoms with Crippen LogP contribution in [0.3, 0.4) is 0 Å². The van der Waals surface area contributed by atoms with Gasteiger partial charge in [0.05, 0.1) is 23.2 Å². The third-order valence-corrected chi connectivity index (χ3v) is 6.22. The van der Waals surface area contributed by atoms with Crippen LogP contribution < -0.4 is 9.46 Å². The first-order valence-electron chi connectivity index (χ1n) is 8.79. The largest absolute Gasteiger partial charge is 0.496 e. The number of aryl methyl sites for hydroxylation is 1. The Morgan fingerprint density at radius 1 is 1.17 bits per heavy atom. The van der Waals surface area contributed by atoms with Crippen molar-refractivity contribution in [1.82, 2.24) is 15.0 Å². The number of anilines is 1. The number of benzene rings is 2. The standard InChI is InChI=1S/C20H16F2N4O2S2/c1-11-24-16-10-13(30(27)26-20-23-7-8-29-20)4-6-14(16)18(25-11)15-5-3-12(19(21)22)9-17(15)28-2/h3-10,19H,1-2H3,(H,23,26). The summed E-state index contributed by atoms with van der Waals surface area (Å²) in [5.74, 6) is 0.790. The first-order valence-corrected chi connectivity index (χ1v) is 10.8. The lowest BCUT2D eigenvalue weighted by molar-refractivity contribution is 0.151. The van der Waals surface area contributed by atoms with Gasteiger partial charge >= 0.3 is 0 Å². The summed E-state index contributed by atoms with van der Waals surface area (Å²) in [6.45, 7) is 1.74. The van der Waals surface area contributed by atoms with Crippen molar-refractivity contribution in [3.05, 3.63) is 59.4 Å². The number of fused-ring (bicyclic) bond motifs is 1. The predicted octanol–water partition coefficient (Wildman–Crippen LogP) is 5.14. The summed E-state index contributed by atoms with van der Waals surface area (Å²) in [5, 5.41) is 3.03. The fraction of sp³-hybridized carbons (Fsp3) is 0.150. The number of aromatic nitrogens is 3. The van der Waals surface area contributed by atoms with Crippen molar-refractivity contribution >= 4 is 38.4 Å². The Kier molecular flexibility index (Phi) is 5.69. The quantitative estimate of drug-likeness (QED) is 0.444. The van der Waals surface area contributed by atoms with Gasteiger partial charge in [0.1, 0.15) is 11.6 Å². The number of thiazole rings is 1. The molecule has 6 nitrogen and oxygen atoms in total. The minimum Gasteiger partial charge on any atom is -0.496 e. The lowest BCUT2D eigenvalue weighted by Crippen LogP contribution is -2.05. The predicted molar refractivity (Wildman–Crippen MR) is 113 cm³/mol. The van der Waals surface area contributed by atoms with Crippen LogP contribution >= 0.6 is 11.3 Å². The molecule has 4 rings (SSSR count). The van der Waals surface area contributed by atoms with E-state index in [4.69, 9.17) is 4.74 Å². The molecule has 0 aliphatic heterocycles. The van der Waals surface area contributed by atoms with Gasteiger partial charge in [0.15, 0.2) is 16.1 Å². The first-order chi connectivity index (χ1) is 14.5. The number of alkyl halides is 2. The topological polar surface area (TPSA) is 77.0 Å². The van der Waals surface area contributed by atoms with Gasteiger partial charge in [0.2, 0.25) is 0 Å². The van der Waals surface area contributed by atoms with Crippen LogP contribution in [-0.4, -0.2) is 26.3 Å². The summed E-state index contributed by atoms with van der Waals surface area (Å²) >= 11 is 1.35. The molecule has 0 saturated carbocycles. The third-order valence-electron chi connectivity index (χ3n) is 4.34. The number of nitrogens with zero attached hydrogens (tertiary/aromatic N) is 3. The van der Waals surface area contributed by atoms with E-state index in [9.17, 15) is 13.0 Å². The van der Waals surface area contributed by atoms with Crippen molar-refractivity contribution in [2.24, 2.45) is 0 Å². The van der Waals surface area contributed by atoms with Crippen molar-refractivity contribution in [2.45, 2.75) is 18.2 Å². The van der Waals surface area contributed by atoms with Gasteiger partial charge in [-0.15, -0.1) is 11.3 Å². The van der Waals surface area contributed by atoms with E-state index in [-0.39, 0.29) is 5.56 Å². The zero-order valence-corrected chi connectivity index (χ0v) is 17.6. The number of nitrogens with one attached hydrogen (secondary N) is 1. The van der Waals surface area contributed by atoms with Gasteiger partial charge < -0.3 is 4.74 Å². The maximum Gasteiger partial charge on any atom is 0.263 e. The zero-order chi connectivity index (χ0) is 21.3. The van der Waals surface area contributed by atoms with Crippen molar-refractivity contribution in [3.63, 3.8) is 0 Å². The van der Waals surface area contributed by atoms with Gasteiger partial charge in [-0.2, -0.15) is 0 Å². The summed E-state index contributed by atoms with van der Waals surface area (Å²) in [6, 6.07) is 9.42. The van der Waals surface area contributed by atoms with E-state index < -0.39 is 17.4 Å². The highest BCUT2D eigenvalue weighted by Gasteiger charge is 2.17. The molecule has 10 heteroatoms. The Labute approximate surface area is 177 Å². The van der Waals surface area contributed by atoms with E-state index in [1.807, 2.05) is 0 Å². The highest BCUT2D eigenvalue weighted by molar-refractivity contribution is 7.86. The molecule has 1 unspecified atom stereocenters. The molecule has 0 amide bonds. The third kappa shape index (κ3) is 4.01. The Morgan fingerprint density at radius 2 is 2.00 bits per heavy atom. The van der Waals surface area contributed by atoms with Crippen molar-refractivity contribution < 1.29 is 17.7 Å². The molecule has 4 aromatic rings. The summed E-state index contributed by atoms with van der Waals surface area (Å²) in [4.78, 5) is 13.6. The van der Waals surface area contributed by atoms with E-state index in [0.717, 1.165) is 0 Å². The van der Waals surface area contributed by atoms with Crippen LogP contribution in [0.25, 0.3) is 22.2 Å². The van der Waals surface area contributed by atoms with Crippen molar-refractivity contribution in [2.75, 3.05) is 11.8 Å². The average Bonchev–Trinajstić information content (AvgIpc) is 3.25. The Morgan fingerprint density at radius 3 is 2.70 bits per heavy atom.